The van der Waals surface area contributed by atoms with Crippen molar-refractivity contribution in [2.24, 2.45) is 0 Å². The van der Waals surface area contributed by atoms with E-state index in [-0.39, 0.29) is 18.3 Å². The minimum absolute atomic E-state index is 0.186. The van der Waals surface area contributed by atoms with Gasteiger partial charge < -0.3 is 4.74 Å². The van der Waals surface area contributed by atoms with Gasteiger partial charge in [0.1, 0.15) is 0 Å². The van der Waals surface area contributed by atoms with E-state index in [4.69, 9.17) is 21.3 Å². The highest BCUT2D eigenvalue weighted by Gasteiger charge is 2.20. The molecule has 0 unspecified atom stereocenters. The number of esters is 1. The summed E-state index contributed by atoms with van der Waals surface area (Å²) in [6.07, 6.45) is 4.62. The van der Waals surface area contributed by atoms with Crippen LogP contribution in [0, 0.1) is 6.92 Å². The number of ether oxygens (including phenoxy) is 1. The van der Waals surface area contributed by atoms with E-state index >= 15 is 0 Å². The van der Waals surface area contributed by atoms with Gasteiger partial charge in [-0.05, 0) is 65.8 Å². The minimum Gasteiger partial charge on any atom is -0.469 e. The summed E-state index contributed by atoms with van der Waals surface area (Å²) in [4.78, 5) is 17.0. The molecule has 2 heterocycles. The van der Waals surface area contributed by atoms with E-state index in [1.807, 2.05) is 29.1 Å². The summed E-state index contributed by atoms with van der Waals surface area (Å²) >= 11 is 6.54. The van der Waals surface area contributed by atoms with Crippen molar-refractivity contribution in [3.63, 3.8) is 0 Å². The van der Waals surface area contributed by atoms with Gasteiger partial charge in [0.25, 0.3) is 0 Å². The molecule has 0 radical (unpaired) electrons. The van der Waals surface area contributed by atoms with E-state index in [1.54, 1.807) is 6.20 Å². The third-order valence-electron chi connectivity index (χ3n) is 5.78. The molecule has 32 heavy (non-hydrogen) atoms. The molecule has 0 amide bonds. The Labute approximate surface area is 193 Å². The Kier molecular flexibility index (Phi) is 6.28. The van der Waals surface area contributed by atoms with Gasteiger partial charge in [0.05, 0.1) is 29.8 Å². The predicted octanol–water partition coefficient (Wildman–Crippen LogP) is 5.81. The fourth-order valence-corrected chi connectivity index (χ4v) is 4.33. The zero-order chi connectivity index (χ0) is 22.8. The van der Waals surface area contributed by atoms with Crippen molar-refractivity contribution in [3.05, 3.63) is 87.8 Å². The molecule has 0 bridgehead atoms. The highest BCUT2D eigenvalue weighted by molar-refractivity contribution is 6.35. The number of halogens is 1. The summed E-state index contributed by atoms with van der Waals surface area (Å²) in [6.45, 7) is 6.38. The van der Waals surface area contributed by atoms with Gasteiger partial charge in [0, 0.05) is 23.5 Å². The summed E-state index contributed by atoms with van der Waals surface area (Å²) < 4.78 is 6.74. The van der Waals surface area contributed by atoms with Gasteiger partial charge in [0.15, 0.2) is 0 Å². The van der Waals surface area contributed by atoms with Crippen LogP contribution in [0.25, 0.3) is 16.6 Å². The molecule has 0 spiro atoms. The SMILES string of the molecule is COC(=O)Cc1ccc(Cl)c2nc(C(C)C)c(Cc3ccc(-n4cccn4)cc3)c(C)c12. The number of methoxy groups -OCH3 is 1. The fourth-order valence-electron chi connectivity index (χ4n) is 4.13. The first kappa shape index (κ1) is 22.0. The molecule has 0 saturated carbocycles. The molecular weight excluding hydrogens is 422 g/mol. The second-order valence-electron chi connectivity index (χ2n) is 8.23. The van der Waals surface area contributed by atoms with Crippen LogP contribution in [0.1, 0.15) is 47.7 Å². The minimum atomic E-state index is -0.281. The molecule has 6 heteroatoms. The highest BCUT2D eigenvalue weighted by atomic mass is 35.5. The van der Waals surface area contributed by atoms with Gasteiger partial charge in [-0.1, -0.05) is 43.6 Å². The van der Waals surface area contributed by atoms with Gasteiger partial charge >= 0.3 is 5.97 Å². The first-order valence-electron chi connectivity index (χ1n) is 10.6. The van der Waals surface area contributed by atoms with E-state index in [9.17, 15) is 4.79 Å². The number of nitrogens with zero attached hydrogens (tertiary/aromatic N) is 3. The Balaban J connectivity index is 1.82. The summed E-state index contributed by atoms with van der Waals surface area (Å²) in [5.41, 5.74) is 7.14. The maximum absolute atomic E-state index is 12.0. The van der Waals surface area contributed by atoms with Crippen LogP contribution in [0.2, 0.25) is 5.02 Å². The van der Waals surface area contributed by atoms with Crippen LogP contribution in [0.3, 0.4) is 0 Å². The maximum atomic E-state index is 12.0. The van der Waals surface area contributed by atoms with Crippen LogP contribution in [-0.2, 0) is 22.4 Å². The van der Waals surface area contributed by atoms with Gasteiger partial charge in [-0.25, -0.2) is 4.68 Å². The number of aryl methyl sites for hydroxylation is 1. The second-order valence-corrected chi connectivity index (χ2v) is 8.64. The molecule has 4 rings (SSSR count). The average Bonchev–Trinajstić information content (AvgIpc) is 3.32. The lowest BCUT2D eigenvalue weighted by molar-refractivity contribution is -0.139. The van der Waals surface area contributed by atoms with E-state index in [0.717, 1.165) is 39.8 Å². The number of aromatic nitrogens is 3. The number of rotatable bonds is 6. The number of carbonyl (C=O) groups is 1. The predicted molar refractivity (Wildman–Crippen MR) is 128 cm³/mol. The summed E-state index contributed by atoms with van der Waals surface area (Å²) in [5, 5.41) is 5.82. The third-order valence-corrected chi connectivity index (χ3v) is 6.08. The zero-order valence-electron chi connectivity index (χ0n) is 18.7. The van der Waals surface area contributed by atoms with Gasteiger partial charge in [-0.2, -0.15) is 5.10 Å². The van der Waals surface area contributed by atoms with E-state index in [1.165, 1.54) is 18.2 Å². The van der Waals surface area contributed by atoms with Crippen molar-refractivity contribution in [1.82, 2.24) is 14.8 Å². The Morgan fingerprint density at radius 3 is 2.53 bits per heavy atom. The number of benzene rings is 2. The number of hydrogen-bond acceptors (Lipinski definition) is 4. The average molecular weight is 448 g/mol. The number of carbonyl (C=O) groups excluding carboxylic acids is 1. The van der Waals surface area contributed by atoms with E-state index in [2.05, 4.69) is 50.1 Å². The quantitative estimate of drug-likeness (QED) is 0.350. The molecule has 0 aliphatic rings. The van der Waals surface area contributed by atoms with Crippen molar-refractivity contribution < 1.29 is 9.53 Å². The molecule has 4 aromatic rings. The van der Waals surface area contributed by atoms with Gasteiger partial charge in [-0.3, -0.25) is 9.78 Å². The lowest BCUT2D eigenvalue weighted by Gasteiger charge is -2.20. The van der Waals surface area contributed by atoms with Gasteiger partial charge in [0.2, 0.25) is 0 Å². The lowest BCUT2D eigenvalue weighted by Crippen LogP contribution is -2.09. The summed E-state index contributed by atoms with van der Waals surface area (Å²) in [6, 6.07) is 14.0. The Hall–Kier alpha value is -3.18. The van der Waals surface area contributed by atoms with Crippen LogP contribution in [0.4, 0.5) is 0 Å². The Morgan fingerprint density at radius 1 is 1.16 bits per heavy atom. The topological polar surface area (TPSA) is 57.0 Å². The Morgan fingerprint density at radius 2 is 1.91 bits per heavy atom. The smallest absolute Gasteiger partial charge is 0.310 e. The zero-order valence-corrected chi connectivity index (χ0v) is 19.5. The molecule has 2 aromatic heterocycles. The number of pyridine rings is 1. The molecule has 2 aromatic carbocycles. The molecule has 0 fully saturated rings. The van der Waals surface area contributed by atoms with Crippen LogP contribution in [0.5, 0.6) is 0 Å². The summed E-state index contributed by atoms with van der Waals surface area (Å²) in [5.74, 6) is -0.0477. The summed E-state index contributed by atoms with van der Waals surface area (Å²) in [7, 11) is 1.40. The molecule has 5 nitrogen and oxygen atoms in total. The first-order valence-corrected chi connectivity index (χ1v) is 11.0. The van der Waals surface area contributed by atoms with Crippen molar-refractivity contribution in [2.45, 2.75) is 39.5 Å². The van der Waals surface area contributed by atoms with E-state index in [0.29, 0.717) is 5.02 Å². The van der Waals surface area contributed by atoms with Crippen molar-refractivity contribution in [3.8, 4) is 5.69 Å². The molecule has 0 saturated heterocycles. The second kappa shape index (κ2) is 9.13. The normalized spacial score (nSPS) is 11.3. The highest BCUT2D eigenvalue weighted by Crippen LogP contribution is 2.34. The van der Waals surface area contributed by atoms with Crippen molar-refractivity contribution >= 4 is 28.5 Å². The maximum Gasteiger partial charge on any atom is 0.310 e. The fraction of sp³-hybridized carbons (Fsp3) is 0.269. The van der Waals surface area contributed by atoms with Crippen LogP contribution < -0.4 is 0 Å². The van der Waals surface area contributed by atoms with Gasteiger partial charge in [-0.15, -0.1) is 0 Å². The van der Waals surface area contributed by atoms with Crippen molar-refractivity contribution in [2.75, 3.05) is 7.11 Å². The molecule has 0 N–H and O–H groups in total. The Bertz CT molecular complexity index is 1260. The van der Waals surface area contributed by atoms with Crippen LogP contribution >= 0.6 is 11.6 Å². The number of fused-ring (bicyclic) bond motifs is 1. The first-order chi connectivity index (χ1) is 15.4. The third kappa shape index (κ3) is 4.26. The monoisotopic (exact) mass is 447 g/mol. The van der Waals surface area contributed by atoms with Crippen molar-refractivity contribution in [1.29, 1.82) is 0 Å². The largest absolute Gasteiger partial charge is 0.469 e. The molecule has 164 valence electrons. The standard InChI is InChI=1S/C26H26ClN3O2/c1-16(2)25-21(14-18-6-9-20(10-7-18)30-13-5-12-28-30)17(3)24-19(15-23(31)32-4)8-11-22(27)26(24)29-25/h5-13,16H,14-15H2,1-4H3. The lowest BCUT2D eigenvalue weighted by atomic mass is 9.89. The molecular formula is C26H26ClN3O2. The van der Waals surface area contributed by atoms with Crippen LogP contribution in [0.15, 0.2) is 54.9 Å². The van der Waals surface area contributed by atoms with Crippen LogP contribution in [-0.4, -0.2) is 27.8 Å². The van der Waals surface area contributed by atoms with E-state index < -0.39 is 0 Å². The number of hydrogen-bond donors (Lipinski definition) is 0. The molecule has 0 aliphatic heterocycles. The molecule has 0 atom stereocenters. The molecule has 0 aliphatic carbocycles.